The van der Waals surface area contributed by atoms with Crippen molar-refractivity contribution in [3.63, 3.8) is 0 Å². The molecule has 2 atom stereocenters. The lowest BCUT2D eigenvalue weighted by atomic mass is 9.93. The average molecular weight is 462 g/mol. The van der Waals surface area contributed by atoms with E-state index in [-0.39, 0.29) is 6.10 Å². The second kappa shape index (κ2) is 10.7. The Morgan fingerprint density at radius 2 is 1.97 bits per heavy atom. The van der Waals surface area contributed by atoms with Crippen molar-refractivity contribution in [1.82, 2.24) is 9.97 Å². The quantitative estimate of drug-likeness (QED) is 0.397. The van der Waals surface area contributed by atoms with Crippen LogP contribution in [0.1, 0.15) is 89.2 Å². The van der Waals surface area contributed by atoms with Crippen LogP contribution in [-0.2, 0) is 11.3 Å². The molecule has 0 amide bonds. The molecule has 0 radical (unpaired) electrons. The number of nitrogens with zero attached hydrogens (tertiary/aromatic N) is 3. The van der Waals surface area contributed by atoms with Gasteiger partial charge in [-0.3, -0.25) is 4.98 Å². The van der Waals surface area contributed by atoms with Crippen LogP contribution in [0.25, 0.3) is 9.81 Å². The molecule has 0 spiro atoms. The van der Waals surface area contributed by atoms with Gasteiger partial charge in [0.25, 0.3) is 0 Å². The molecule has 174 valence electrons. The molecular formula is C28H35N3OS. The first-order chi connectivity index (χ1) is 16.0. The highest BCUT2D eigenvalue weighted by Crippen LogP contribution is 2.48. The summed E-state index contributed by atoms with van der Waals surface area (Å²) in [4.78, 5) is 18.0. The molecule has 2 aromatic rings. The molecule has 3 heterocycles. The van der Waals surface area contributed by atoms with Crippen LogP contribution in [0.5, 0.6) is 0 Å². The van der Waals surface area contributed by atoms with Crippen LogP contribution in [0.2, 0.25) is 0 Å². The van der Waals surface area contributed by atoms with Crippen LogP contribution < -0.4 is 0 Å². The van der Waals surface area contributed by atoms with Gasteiger partial charge in [0.05, 0.1) is 11.4 Å². The third-order valence-corrected chi connectivity index (χ3v) is 8.35. The normalized spacial score (nSPS) is 19.5. The number of pyridine rings is 2. The predicted octanol–water partition coefficient (Wildman–Crippen LogP) is 7.66. The van der Waals surface area contributed by atoms with Gasteiger partial charge < -0.3 is 4.84 Å². The summed E-state index contributed by atoms with van der Waals surface area (Å²) in [5.41, 5.74) is 8.37. The van der Waals surface area contributed by atoms with Crippen molar-refractivity contribution in [3.8, 4) is 0 Å². The van der Waals surface area contributed by atoms with Gasteiger partial charge in [-0.15, -0.1) is 0 Å². The van der Waals surface area contributed by atoms with Crippen molar-refractivity contribution < 1.29 is 4.84 Å². The minimum absolute atomic E-state index is 0.106. The van der Waals surface area contributed by atoms with Gasteiger partial charge in [-0.05, 0) is 76.0 Å². The Balaban J connectivity index is 1.65. The number of hydrogen-bond acceptors (Lipinski definition) is 5. The number of oxime groups is 1. The standard InChI is InChI=1S/C28H35N3OS/c1-6-18(3)20(5)32-31-24-12-8-10-22-13-14-25(30-26(22)24)27-19(4)16-21(7-2)28(33-27)23-11-9-15-29-17-23/h9,11,13-15,17-18,20H,6-8,10,12,16H2,1-5H3. The van der Waals surface area contributed by atoms with Gasteiger partial charge in [0.1, 0.15) is 11.8 Å². The van der Waals surface area contributed by atoms with Crippen molar-refractivity contribution in [1.29, 1.82) is 0 Å². The Kier molecular flexibility index (Phi) is 7.69. The fourth-order valence-electron chi connectivity index (χ4n) is 4.36. The van der Waals surface area contributed by atoms with Crippen LogP contribution in [0.15, 0.2) is 53.0 Å². The molecule has 5 heteroatoms. The smallest absolute Gasteiger partial charge is 0.127 e. The summed E-state index contributed by atoms with van der Waals surface area (Å²) in [5.74, 6) is 0.480. The molecule has 4 nitrogen and oxygen atoms in total. The zero-order valence-corrected chi connectivity index (χ0v) is 21.3. The van der Waals surface area contributed by atoms with Gasteiger partial charge in [0.2, 0.25) is 0 Å². The van der Waals surface area contributed by atoms with Crippen molar-refractivity contribution in [3.05, 3.63) is 70.3 Å². The third kappa shape index (κ3) is 5.24. The van der Waals surface area contributed by atoms with Crippen LogP contribution in [0.4, 0.5) is 0 Å². The van der Waals surface area contributed by atoms with E-state index in [2.05, 4.69) is 63.0 Å². The molecule has 0 aromatic carbocycles. The molecule has 2 aliphatic rings. The van der Waals surface area contributed by atoms with Gasteiger partial charge in [0.15, 0.2) is 0 Å². The van der Waals surface area contributed by atoms with E-state index >= 15 is 0 Å². The molecule has 1 aliphatic carbocycles. The van der Waals surface area contributed by atoms with Gasteiger partial charge in [0, 0.05) is 27.8 Å². The van der Waals surface area contributed by atoms with Gasteiger partial charge in [-0.1, -0.05) is 61.0 Å². The van der Waals surface area contributed by atoms with Gasteiger partial charge >= 0.3 is 0 Å². The Morgan fingerprint density at radius 3 is 2.70 bits per heavy atom. The summed E-state index contributed by atoms with van der Waals surface area (Å²) in [6.07, 6.45) is 10.1. The number of fused-ring (bicyclic) bond motifs is 1. The maximum atomic E-state index is 5.92. The largest absolute Gasteiger partial charge is 0.392 e. The van der Waals surface area contributed by atoms with Crippen LogP contribution >= 0.6 is 11.8 Å². The minimum atomic E-state index is 0.106. The lowest BCUT2D eigenvalue weighted by Gasteiger charge is -2.25. The second-order valence-electron chi connectivity index (χ2n) is 9.21. The molecule has 1 aliphatic heterocycles. The zero-order valence-electron chi connectivity index (χ0n) is 20.5. The van der Waals surface area contributed by atoms with E-state index in [1.807, 2.05) is 30.2 Å². The molecular weight excluding hydrogens is 426 g/mol. The number of thioether (sulfide) groups is 1. The Labute approximate surface area is 202 Å². The number of aryl methyl sites for hydroxylation is 1. The van der Waals surface area contributed by atoms with Crippen molar-refractivity contribution in [2.24, 2.45) is 11.1 Å². The molecule has 0 N–H and O–H groups in total. The third-order valence-electron chi connectivity index (χ3n) is 6.86. The summed E-state index contributed by atoms with van der Waals surface area (Å²) in [6.45, 7) is 11.0. The highest BCUT2D eigenvalue weighted by Gasteiger charge is 2.25. The fraction of sp³-hybridized carbons (Fsp3) is 0.464. The van der Waals surface area contributed by atoms with Crippen LogP contribution in [0.3, 0.4) is 0 Å². The maximum Gasteiger partial charge on any atom is 0.127 e. The average Bonchev–Trinajstić information content (AvgIpc) is 2.86. The van der Waals surface area contributed by atoms with E-state index in [0.717, 1.165) is 55.6 Å². The Bertz CT molecular complexity index is 1090. The number of hydrogen-bond donors (Lipinski definition) is 0. The Hall–Kier alpha value is -2.40. The number of rotatable bonds is 7. The summed E-state index contributed by atoms with van der Waals surface area (Å²) in [7, 11) is 0. The predicted molar refractivity (Wildman–Crippen MR) is 140 cm³/mol. The molecule has 4 rings (SSSR count). The van der Waals surface area contributed by atoms with Gasteiger partial charge in [-0.25, -0.2) is 4.98 Å². The minimum Gasteiger partial charge on any atom is -0.392 e. The maximum absolute atomic E-state index is 5.92. The van der Waals surface area contributed by atoms with E-state index in [0.29, 0.717) is 5.92 Å². The summed E-state index contributed by atoms with van der Waals surface area (Å²) >= 11 is 1.84. The summed E-state index contributed by atoms with van der Waals surface area (Å²) < 4.78 is 0. The van der Waals surface area contributed by atoms with Crippen molar-refractivity contribution >= 4 is 27.3 Å². The van der Waals surface area contributed by atoms with Crippen molar-refractivity contribution in [2.45, 2.75) is 79.2 Å². The Morgan fingerprint density at radius 1 is 1.12 bits per heavy atom. The van der Waals surface area contributed by atoms with Crippen LogP contribution in [-0.4, -0.2) is 21.8 Å². The first kappa shape index (κ1) is 23.7. The first-order valence-electron chi connectivity index (χ1n) is 12.2. The summed E-state index contributed by atoms with van der Waals surface area (Å²) in [5, 5.41) is 4.60. The van der Waals surface area contributed by atoms with E-state index in [9.17, 15) is 0 Å². The highest BCUT2D eigenvalue weighted by molar-refractivity contribution is 8.16. The molecule has 2 aromatic heterocycles. The SMILES string of the molecule is CCC1=C(c2cccnc2)SC(c2ccc3c(n2)C(=NOC(C)C(C)CC)CCC3)=C(C)C1. The fourth-order valence-corrected chi connectivity index (χ4v) is 5.63. The second-order valence-corrected chi connectivity index (χ2v) is 10.2. The van der Waals surface area contributed by atoms with E-state index in [1.54, 1.807) is 0 Å². The highest BCUT2D eigenvalue weighted by atomic mass is 32.2. The first-order valence-corrected chi connectivity index (χ1v) is 13.1. The van der Waals surface area contributed by atoms with Gasteiger partial charge in [-0.2, -0.15) is 0 Å². The topological polar surface area (TPSA) is 47.4 Å². The lowest BCUT2D eigenvalue weighted by Crippen LogP contribution is -2.19. The molecule has 0 bridgehead atoms. The number of allylic oxidation sites excluding steroid dienone is 2. The monoisotopic (exact) mass is 461 g/mol. The molecule has 0 fully saturated rings. The molecule has 0 saturated carbocycles. The van der Waals surface area contributed by atoms with E-state index in [1.165, 1.54) is 32.1 Å². The molecule has 33 heavy (non-hydrogen) atoms. The molecule has 2 unspecified atom stereocenters. The molecule has 0 saturated heterocycles. The van der Waals surface area contributed by atoms with Crippen LogP contribution in [0, 0.1) is 5.92 Å². The summed E-state index contributed by atoms with van der Waals surface area (Å²) in [6, 6.07) is 8.60. The van der Waals surface area contributed by atoms with E-state index in [4.69, 9.17) is 9.82 Å². The lowest BCUT2D eigenvalue weighted by molar-refractivity contribution is 0.0333. The number of aromatic nitrogens is 2. The van der Waals surface area contributed by atoms with Crippen molar-refractivity contribution in [2.75, 3.05) is 0 Å². The zero-order chi connectivity index (χ0) is 23.4. The van der Waals surface area contributed by atoms with E-state index < -0.39 is 0 Å².